The summed E-state index contributed by atoms with van der Waals surface area (Å²) in [7, 11) is 0. The third-order valence-electron chi connectivity index (χ3n) is 7.05. The zero-order chi connectivity index (χ0) is 24.7. The number of carbonyl (C=O) groups is 4. The van der Waals surface area contributed by atoms with Crippen molar-refractivity contribution in [2.45, 2.75) is 57.6 Å². The first-order valence-corrected chi connectivity index (χ1v) is 11.8. The Morgan fingerprint density at radius 1 is 1.18 bits per heavy atom. The summed E-state index contributed by atoms with van der Waals surface area (Å²) in [5.41, 5.74) is -0.391. The standard InChI is InChI=1S/C24H34N4O6/c1-24(15-27(34)16-29,18-10-5-6-11-18)22(32)28-13-7-12-19(28)21(31)26-23(33)25-14-20(30)17-8-3-2-4-9-17/h2-4,8-9,16,18-20,30,34H,5-7,10-15H2,1H3,(H2,25,26,31,33)/t19-,20+,24?/m0/s1. The van der Waals surface area contributed by atoms with E-state index in [-0.39, 0.29) is 31.3 Å². The van der Waals surface area contributed by atoms with Crippen LogP contribution in [0.2, 0.25) is 0 Å². The minimum atomic E-state index is -1.03. The number of imide groups is 1. The average Bonchev–Trinajstić information content (AvgIpc) is 3.55. The number of amides is 5. The fourth-order valence-electron chi connectivity index (χ4n) is 5.14. The molecule has 10 heteroatoms. The van der Waals surface area contributed by atoms with Crippen LogP contribution in [0.25, 0.3) is 0 Å². The fourth-order valence-corrected chi connectivity index (χ4v) is 5.14. The van der Waals surface area contributed by atoms with Crippen LogP contribution in [-0.4, -0.2) is 70.2 Å². The molecule has 1 heterocycles. The molecular formula is C24H34N4O6. The van der Waals surface area contributed by atoms with Gasteiger partial charge in [-0.1, -0.05) is 43.2 Å². The Morgan fingerprint density at radius 3 is 2.50 bits per heavy atom. The monoisotopic (exact) mass is 474 g/mol. The molecule has 1 saturated carbocycles. The Labute approximate surface area is 199 Å². The maximum atomic E-state index is 13.6. The van der Waals surface area contributed by atoms with Crippen LogP contribution in [0.5, 0.6) is 0 Å². The number of nitrogens with zero attached hydrogens (tertiary/aromatic N) is 2. The van der Waals surface area contributed by atoms with Crippen LogP contribution in [0.3, 0.4) is 0 Å². The van der Waals surface area contributed by atoms with Gasteiger partial charge in [0.25, 0.3) is 5.91 Å². The summed E-state index contributed by atoms with van der Waals surface area (Å²) in [6, 6.07) is 7.27. The van der Waals surface area contributed by atoms with Crippen molar-refractivity contribution in [2.75, 3.05) is 19.6 Å². The van der Waals surface area contributed by atoms with E-state index in [1.807, 2.05) is 6.07 Å². The van der Waals surface area contributed by atoms with Gasteiger partial charge in [-0.25, -0.2) is 9.86 Å². The Kier molecular flexibility index (Phi) is 8.62. The molecule has 10 nitrogen and oxygen atoms in total. The molecule has 4 N–H and O–H groups in total. The average molecular weight is 475 g/mol. The molecule has 3 rings (SSSR count). The first kappa shape index (κ1) is 25.6. The molecule has 1 aromatic rings. The predicted octanol–water partition coefficient (Wildman–Crippen LogP) is 1.58. The topological polar surface area (TPSA) is 139 Å². The Hall–Kier alpha value is -2.98. The van der Waals surface area contributed by atoms with Gasteiger partial charge >= 0.3 is 6.03 Å². The van der Waals surface area contributed by atoms with Crippen LogP contribution in [0, 0.1) is 11.3 Å². The molecule has 0 bridgehead atoms. The van der Waals surface area contributed by atoms with E-state index in [1.165, 1.54) is 4.90 Å². The summed E-state index contributed by atoms with van der Waals surface area (Å²) >= 11 is 0. The fraction of sp³-hybridized carbons (Fsp3) is 0.583. The Balaban J connectivity index is 1.62. The molecule has 2 fully saturated rings. The molecular weight excluding hydrogens is 440 g/mol. The Morgan fingerprint density at radius 2 is 1.85 bits per heavy atom. The second kappa shape index (κ2) is 11.4. The summed E-state index contributed by atoms with van der Waals surface area (Å²) in [5, 5.41) is 25.3. The molecule has 0 spiro atoms. The maximum Gasteiger partial charge on any atom is 0.321 e. The van der Waals surface area contributed by atoms with Crippen molar-refractivity contribution in [1.29, 1.82) is 0 Å². The number of likely N-dealkylation sites (tertiary alicyclic amines) is 1. The van der Waals surface area contributed by atoms with Crippen LogP contribution in [0.15, 0.2) is 30.3 Å². The molecule has 1 unspecified atom stereocenters. The van der Waals surface area contributed by atoms with Gasteiger partial charge in [-0.15, -0.1) is 0 Å². The first-order chi connectivity index (χ1) is 16.3. The van der Waals surface area contributed by atoms with Gasteiger partial charge < -0.3 is 15.3 Å². The van der Waals surface area contributed by atoms with Gasteiger partial charge in [0.1, 0.15) is 6.04 Å². The van der Waals surface area contributed by atoms with Crippen molar-refractivity contribution >= 4 is 24.3 Å². The van der Waals surface area contributed by atoms with Crippen LogP contribution in [-0.2, 0) is 14.4 Å². The third kappa shape index (κ3) is 5.92. The van der Waals surface area contributed by atoms with E-state index in [9.17, 15) is 29.5 Å². The van der Waals surface area contributed by atoms with E-state index in [2.05, 4.69) is 10.6 Å². The smallest absolute Gasteiger partial charge is 0.321 e. The molecule has 1 aromatic carbocycles. The third-order valence-corrected chi connectivity index (χ3v) is 7.05. The minimum absolute atomic E-state index is 0.0123. The number of aliphatic hydroxyl groups excluding tert-OH is 1. The van der Waals surface area contributed by atoms with Gasteiger partial charge in [0, 0.05) is 13.1 Å². The van der Waals surface area contributed by atoms with Crippen molar-refractivity contribution in [2.24, 2.45) is 11.3 Å². The molecule has 1 aliphatic heterocycles. The van der Waals surface area contributed by atoms with Crippen LogP contribution in [0.4, 0.5) is 4.79 Å². The van der Waals surface area contributed by atoms with Crippen LogP contribution >= 0.6 is 0 Å². The molecule has 1 saturated heterocycles. The van der Waals surface area contributed by atoms with E-state index in [4.69, 9.17) is 0 Å². The highest BCUT2D eigenvalue weighted by molar-refractivity contribution is 5.99. The van der Waals surface area contributed by atoms with Crippen LogP contribution < -0.4 is 10.6 Å². The summed E-state index contributed by atoms with van der Waals surface area (Å²) < 4.78 is 0. The van der Waals surface area contributed by atoms with Gasteiger partial charge in [-0.2, -0.15) is 0 Å². The summed E-state index contributed by atoms with van der Waals surface area (Å²) in [6.07, 6.45) is 3.95. The maximum absolute atomic E-state index is 13.6. The van der Waals surface area contributed by atoms with Crippen molar-refractivity contribution in [3.63, 3.8) is 0 Å². The number of urea groups is 1. The highest BCUT2D eigenvalue weighted by atomic mass is 16.5. The SMILES string of the molecule is CC(CN(O)C=O)(C(=O)N1CCC[C@H]1C(=O)NC(=O)NC[C@@H](O)c1ccccc1)C1CCCC1. The lowest BCUT2D eigenvalue weighted by atomic mass is 9.74. The van der Waals surface area contributed by atoms with Gasteiger partial charge in [-0.3, -0.25) is 24.9 Å². The second-order valence-electron chi connectivity index (χ2n) is 9.38. The van der Waals surface area contributed by atoms with E-state index in [0.717, 1.165) is 25.7 Å². The molecule has 3 atom stereocenters. The lowest BCUT2D eigenvalue weighted by Gasteiger charge is -2.40. The lowest BCUT2D eigenvalue weighted by Crippen LogP contribution is -2.56. The van der Waals surface area contributed by atoms with Crippen molar-refractivity contribution in [3.05, 3.63) is 35.9 Å². The largest absolute Gasteiger partial charge is 0.387 e. The van der Waals surface area contributed by atoms with E-state index in [0.29, 0.717) is 30.0 Å². The van der Waals surface area contributed by atoms with Gasteiger partial charge in [0.2, 0.25) is 12.3 Å². The van der Waals surface area contributed by atoms with Crippen LogP contribution in [0.1, 0.15) is 57.1 Å². The summed E-state index contributed by atoms with van der Waals surface area (Å²) in [6.45, 7) is 1.88. The molecule has 2 aliphatic rings. The molecule has 5 amide bonds. The molecule has 1 aliphatic carbocycles. The highest BCUT2D eigenvalue weighted by Crippen LogP contribution is 2.42. The lowest BCUT2D eigenvalue weighted by molar-refractivity contribution is -0.168. The summed E-state index contributed by atoms with van der Waals surface area (Å²) in [5.74, 6) is -0.901. The van der Waals surface area contributed by atoms with Gasteiger partial charge in [-0.05, 0) is 44.1 Å². The predicted molar refractivity (Wildman–Crippen MR) is 122 cm³/mol. The van der Waals surface area contributed by atoms with E-state index >= 15 is 0 Å². The highest BCUT2D eigenvalue weighted by Gasteiger charge is 2.49. The molecule has 186 valence electrons. The number of hydrogen-bond acceptors (Lipinski definition) is 6. The first-order valence-electron chi connectivity index (χ1n) is 11.8. The number of nitrogens with one attached hydrogen (secondary N) is 2. The van der Waals surface area contributed by atoms with Gasteiger partial charge in [0.15, 0.2) is 0 Å². The number of hydroxylamine groups is 2. The molecule has 0 aromatic heterocycles. The zero-order valence-corrected chi connectivity index (χ0v) is 19.5. The van der Waals surface area contributed by atoms with Crippen molar-refractivity contribution in [1.82, 2.24) is 20.6 Å². The molecule has 0 radical (unpaired) electrons. The van der Waals surface area contributed by atoms with Crippen molar-refractivity contribution < 1.29 is 29.5 Å². The summed E-state index contributed by atoms with van der Waals surface area (Å²) in [4.78, 5) is 51.3. The zero-order valence-electron chi connectivity index (χ0n) is 19.5. The minimum Gasteiger partial charge on any atom is -0.387 e. The number of benzene rings is 1. The van der Waals surface area contributed by atoms with E-state index in [1.54, 1.807) is 31.2 Å². The normalized spacial score (nSPS) is 20.9. The second-order valence-corrected chi connectivity index (χ2v) is 9.38. The number of aliphatic hydroxyl groups is 1. The van der Waals surface area contributed by atoms with Gasteiger partial charge in [0.05, 0.1) is 18.1 Å². The number of rotatable bonds is 9. The Bertz CT molecular complexity index is 875. The number of hydrogen-bond donors (Lipinski definition) is 4. The quantitative estimate of drug-likeness (QED) is 0.243. The number of carbonyl (C=O) groups excluding carboxylic acids is 4. The van der Waals surface area contributed by atoms with Crippen molar-refractivity contribution in [3.8, 4) is 0 Å². The molecule has 34 heavy (non-hydrogen) atoms. The van der Waals surface area contributed by atoms with E-state index < -0.39 is 29.5 Å².